The van der Waals surface area contributed by atoms with Gasteiger partial charge in [-0.15, -0.1) is 0 Å². The molecule has 0 bridgehead atoms. The standard InChI is InChI=1S/C25H25ClN6O2/c1-31-24(20(26)13-27-31)12-23-19-11-17(16-6-8-34-9-7-16)3-4-18(19)25(33)32(23)14-15-2-5-21-22(10-15)29-30-28-21/h2-5,10-11,13,16,23H,6-9,12,14H2,1H3,(H,28,29,30). The molecule has 0 spiro atoms. The fourth-order valence-electron chi connectivity index (χ4n) is 5.23. The summed E-state index contributed by atoms with van der Waals surface area (Å²) in [6.45, 7) is 2.04. The van der Waals surface area contributed by atoms with Gasteiger partial charge in [-0.05, 0) is 53.6 Å². The maximum atomic E-state index is 13.6. The number of aromatic amines is 1. The van der Waals surface area contributed by atoms with Crippen LogP contribution in [0.1, 0.15) is 57.5 Å². The Morgan fingerprint density at radius 3 is 2.74 bits per heavy atom. The molecule has 0 aliphatic carbocycles. The number of hydrogen-bond donors (Lipinski definition) is 1. The van der Waals surface area contributed by atoms with Gasteiger partial charge in [0, 0.05) is 38.8 Å². The smallest absolute Gasteiger partial charge is 0.255 e. The SMILES string of the molecule is Cn1ncc(Cl)c1CC1c2cc(C3CCOCC3)ccc2C(=O)N1Cc1ccc2n[nH]nc2c1. The van der Waals surface area contributed by atoms with Gasteiger partial charge in [-0.1, -0.05) is 29.8 Å². The molecule has 1 fully saturated rings. The summed E-state index contributed by atoms with van der Waals surface area (Å²) in [5.74, 6) is 0.496. The first-order valence-electron chi connectivity index (χ1n) is 11.6. The van der Waals surface area contributed by atoms with Gasteiger partial charge in [0.15, 0.2) is 0 Å². The molecule has 2 aromatic carbocycles. The van der Waals surface area contributed by atoms with Crippen molar-refractivity contribution in [2.45, 2.75) is 37.8 Å². The summed E-state index contributed by atoms with van der Waals surface area (Å²) in [6.07, 6.45) is 4.27. The maximum Gasteiger partial charge on any atom is 0.255 e. The number of halogens is 1. The molecule has 1 atom stereocenters. The number of carbonyl (C=O) groups is 1. The van der Waals surface area contributed by atoms with Crippen LogP contribution in [0.3, 0.4) is 0 Å². The van der Waals surface area contributed by atoms with Crippen LogP contribution in [0.15, 0.2) is 42.6 Å². The molecule has 8 nitrogen and oxygen atoms in total. The van der Waals surface area contributed by atoms with Crippen molar-refractivity contribution in [2.24, 2.45) is 7.05 Å². The van der Waals surface area contributed by atoms with E-state index in [1.165, 1.54) is 5.56 Å². The van der Waals surface area contributed by atoms with Crippen LogP contribution in [0.25, 0.3) is 11.0 Å². The number of nitrogens with one attached hydrogen (secondary N) is 1. The lowest BCUT2D eigenvalue weighted by Gasteiger charge is -2.27. The summed E-state index contributed by atoms with van der Waals surface area (Å²) in [4.78, 5) is 15.6. The van der Waals surface area contributed by atoms with E-state index in [1.54, 1.807) is 10.9 Å². The molecule has 34 heavy (non-hydrogen) atoms. The van der Waals surface area contributed by atoms with Gasteiger partial charge in [-0.25, -0.2) is 0 Å². The normalized spacial score (nSPS) is 18.7. The van der Waals surface area contributed by atoms with Gasteiger partial charge in [0.2, 0.25) is 0 Å². The topological polar surface area (TPSA) is 88.9 Å². The molecule has 1 unspecified atom stereocenters. The largest absolute Gasteiger partial charge is 0.381 e. The number of hydrogen-bond acceptors (Lipinski definition) is 5. The summed E-state index contributed by atoms with van der Waals surface area (Å²) in [7, 11) is 1.89. The number of nitrogens with zero attached hydrogens (tertiary/aromatic N) is 5. The molecule has 4 heterocycles. The average molecular weight is 477 g/mol. The molecule has 1 saturated heterocycles. The van der Waals surface area contributed by atoms with E-state index >= 15 is 0 Å². The summed E-state index contributed by atoms with van der Waals surface area (Å²) in [5, 5.41) is 15.9. The molecule has 2 aliphatic heterocycles. The molecule has 2 aliphatic rings. The van der Waals surface area contributed by atoms with Crippen molar-refractivity contribution in [1.29, 1.82) is 0 Å². The number of benzene rings is 2. The number of aromatic nitrogens is 5. The Morgan fingerprint density at radius 1 is 1.12 bits per heavy atom. The Hall–Kier alpha value is -3.23. The molecule has 0 radical (unpaired) electrons. The quantitative estimate of drug-likeness (QED) is 0.466. The maximum absolute atomic E-state index is 13.6. The average Bonchev–Trinajstić information content (AvgIpc) is 3.53. The fraction of sp³-hybridized carbons (Fsp3) is 0.360. The minimum Gasteiger partial charge on any atom is -0.381 e. The first kappa shape index (κ1) is 21.3. The first-order chi connectivity index (χ1) is 16.6. The molecule has 1 amide bonds. The summed E-state index contributed by atoms with van der Waals surface area (Å²) in [6, 6.07) is 12.1. The Balaban J connectivity index is 1.39. The number of carbonyl (C=O) groups excluding carboxylic acids is 1. The molecular weight excluding hydrogens is 452 g/mol. The minimum atomic E-state index is -0.136. The van der Waals surface area contributed by atoms with Crippen molar-refractivity contribution in [2.75, 3.05) is 13.2 Å². The molecule has 1 N–H and O–H groups in total. The lowest BCUT2D eigenvalue weighted by Crippen LogP contribution is -2.29. The van der Waals surface area contributed by atoms with Crippen molar-refractivity contribution in [3.05, 3.63) is 75.6 Å². The van der Waals surface area contributed by atoms with Gasteiger partial charge >= 0.3 is 0 Å². The summed E-state index contributed by atoms with van der Waals surface area (Å²) >= 11 is 6.48. The molecule has 2 aromatic heterocycles. The molecule has 6 rings (SSSR count). The number of aryl methyl sites for hydroxylation is 1. The predicted octanol–water partition coefficient (Wildman–Crippen LogP) is 4.18. The van der Waals surface area contributed by atoms with E-state index in [1.807, 2.05) is 36.2 Å². The van der Waals surface area contributed by atoms with Crippen molar-refractivity contribution < 1.29 is 9.53 Å². The summed E-state index contributed by atoms with van der Waals surface area (Å²) < 4.78 is 7.36. The summed E-state index contributed by atoms with van der Waals surface area (Å²) in [5.41, 5.74) is 6.63. The van der Waals surface area contributed by atoms with Crippen molar-refractivity contribution in [1.82, 2.24) is 30.1 Å². The lowest BCUT2D eigenvalue weighted by molar-refractivity contribution is 0.0708. The lowest BCUT2D eigenvalue weighted by atomic mass is 9.88. The zero-order chi connectivity index (χ0) is 23.2. The van der Waals surface area contributed by atoms with E-state index in [-0.39, 0.29) is 11.9 Å². The first-order valence-corrected chi connectivity index (χ1v) is 11.9. The molecule has 4 aromatic rings. The zero-order valence-corrected chi connectivity index (χ0v) is 19.6. The highest BCUT2D eigenvalue weighted by atomic mass is 35.5. The number of fused-ring (bicyclic) bond motifs is 2. The van der Waals surface area contributed by atoms with Crippen LogP contribution in [0.5, 0.6) is 0 Å². The fourth-order valence-corrected chi connectivity index (χ4v) is 5.48. The molecule has 0 saturated carbocycles. The predicted molar refractivity (Wildman–Crippen MR) is 128 cm³/mol. The highest BCUT2D eigenvalue weighted by molar-refractivity contribution is 6.31. The van der Waals surface area contributed by atoms with Crippen LogP contribution in [-0.2, 0) is 24.8 Å². The van der Waals surface area contributed by atoms with Gasteiger partial charge in [-0.3, -0.25) is 9.48 Å². The zero-order valence-electron chi connectivity index (χ0n) is 18.9. The van der Waals surface area contributed by atoms with E-state index < -0.39 is 0 Å². The van der Waals surface area contributed by atoms with Crippen molar-refractivity contribution in [3.63, 3.8) is 0 Å². The van der Waals surface area contributed by atoms with Gasteiger partial charge < -0.3 is 9.64 Å². The van der Waals surface area contributed by atoms with Crippen LogP contribution in [0.2, 0.25) is 5.02 Å². The van der Waals surface area contributed by atoms with Crippen molar-refractivity contribution >= 4 is 28.5 Å². The van der Waals surface area contributed by atoms with E-state index in [9.17, 15) is 4.79 Å². The van der Waals surface area contributed by atoms with E-state index in [4.69, 9.17) is 16.3 Å². The third-order valence-electron chi connectivity index (χ3n) is 7.13. The third kappa shape index (κ3) is 3.67. The van der Waals surface area contributed by atoms with Gasteiger partial charge in [0.1, 0.15) is 11.0 Å². The highest BCUT2D eigenvalue weighted by Gasteiger charge is 2.38. The Bertz CT molecular complexity index is 1350. The van der Waals surface area contributed by atoms with Gasteiger partial charge in [0.05, 0.1) is 23.0 Å². The highest BCUT2D eigenvalue weighted by Crippen LogP contribution is 2.40. The van der Waals surface area contributed by atoms with Crippen LogP contribution < -0.4 is 0 Å². The number of amides is 1. The number of rotatable bonds is 5. The van der Waals surface area contributed by atoms with Gasteiger partial charge in [-0.2, -0.15) is 20.5 Å². The monoisotopic (exact) mass is 476 g/mol. The molecule has 174 valence electrons. The Labute approximate surface area is 201 Å². The van der Waals surface area contributed by atoms with E-state index in [2.05, 4.69) is 32.6 Å². The minimum absolute atomic E-state index is 0.0390. The van der Waals surface area contributed by atoms with Crippen LogP contribution in [0.4, 0.5) is 0 Å². The van der Waals surface area contributed by atoms with Crippen LogP contribution in [0, 0.1) is 0 Å². The number of ether oxygens (including phenoxy) is 1. The third-order valence-corrected chi connectivity index (χ3v) is 7.44. The second-order valence-corrected chi connectivity index (χ2v) is 9.50. The van der Waals surface area contributed by atoms with Gasteiger partial charge in [0.25, 0.3) is 5.91 Å². The Kier molecular flexibility index (Phi) is 5.34. The van der Waals surface area contributed by atoms with Crippen LogP contribution in [-0.4, -0.2) is 49.2 Å². The van der Waals surface area contributed by atoms with Crippen molar-refractivity contribution in [3.8, 4) is 0 Å². The second-order valence-electron chi connectivity index (χ2n) is 9.10. The Morgan fingerprint density at radius 2 is 1.94 bits per heavy atom. The van der Waals surface area contributed by atoms with E-state index in [0.29, 0.717) is 23.9 Å². The molecule has 9 heteroatoms. The van der Waals surface area contributed by atoms with Crippen LogP contribution >= 0.6 is 11.6 Å². The van der Waals surface area contributed by atoms with E-state index in [0.717, 1.165) is 59.5 Å². The second kappa shape index (κ2) is 8.52. The number of H-pyrrole nitrogens is 1. The molecular formula is C25H25ClN6O2.